The summed E-state index contributed by atoms with van der Waals surface area (Å²) in [6.45, 7) is 3.89. The molecule has 0 aromatic heterocycles. The third kappa shape index (κ3) is 3.25. The first-order valence-electron chi connectivity index (χ1n) is 6.29. The highest BCUT2D eigenvalue weighted by Gasteiger charge is 2.51. The number of carbonyl (C=O) groups excluding carboxylic acids is 1. The van der Waals surface area contributed by atoms with E-state index in [4.69, 9.17) is 20.6 Å². The molecule has 0 spiro atoms. The zero-order chi connectivity index (χ0) is 14.0. The topological polar surface area (TPSA) is 77.0 Å². The molecular formula is C13H19NO5. The summed E-state index contributed by atoms with van der Waals surface area (Å²) in [5, 5.41) is 13.0. The largest absolute Gasteiger partial charge is 0.452 e. The molecule has 0 radical (unpaired) electrons. The van der Waals surface area contributed by atoms with Gasteiger partial charge in [-0.2, -0.15) is 0 Å². The smallest absolute Gasteiger partial charge is 0.308 e. The molecule has 2 aliphatic heterocycles. The van der Waals surface area contributed by atoms with Crippen LogP contribution in [0.1, 0.15) is 20.3 Å². The number of hydrogen-bond acceptors (Lipinski definition) is 6. The highest BCUT2D eigenvalue weighted by atomic mass is 16.8. The summed E-state index contributed by atoms with van der Waals surface area (Å²) >= 11 is 0. The van der Waals surface area contributed by atoms with Gasteiger partial charge in [-0.25, -0.2) is 0 Å². The van der Waals surface area contributed by atoms with E-state index in [0.29, 0.717) is 6.54 Å². The van der Waals surface area contributed by atoms with E-state index >= 15 is 0 Å². The predicted octanol–water partition coefficient (Wildman–Crippen LogP) is -0.594. The van der Waals surface area contributed by atoms with Gasteiger partial charge in [-0.1, -0.05) is 5.92 Å². The lowest BCUT2D eigenvalue weighted by atomic mass is 9.94. The second kappa shape index (κ2) is 5.47. The number of terminal acetylenes is 1. The van der Waals surface area contributed by atoms with Gasteiger partial charge in [0.25, 0.3) is 0 Å². The number of nitrogens with one attached hydrogen (secondary N) is 1. The molecule has 4 atom stereocenters. The van der Waals surface area contributed by atoms with Crippen LogP contribution in [0.4, 0.5) is 0 Å². The van der Waals surface area contributed by atoms with E-state index in [-0.39, 0.29) is 31.1 Å². The van der Waals surface area contributed by atoms with Gasteiger partial charge < -0.3 is 24.6 Å². The maximum absolute atomic E-state index is 11.6. The van der Waals surface area contributed by atoms with Crippen molar-refractivity contribution in [2.75, 3.05) is 13.2 Å². The molecule has 106 valence electrons. The Balaban J connectivity index is 1.98. The van der Waals surface area contributed by atoms with Crippen molar-refractivity contribution in [1.82, 2.24) is 5.32 Å². The quantitative estimate of drug-likeness (QED) is 0.526. The molecule has 6 nitrogen and oxygen atoms in total. The number of aliphatic hydroxyl groups is 1. The van der Waals surface area contributed by atoms with Crippen molar-refractivity contribution in [2.24, 2.45) is 0 Å². The van der Waals surface area contributed by atoms with Crippen molar-refractivity contribution in [2.45, 2.75) is 50.4 Å². The van der Waals surface area contributed by atoms with Gasteiger partial charge in [0.1, 0.15) is 12.2 Å². The second-order valence-electron chi connectivity index (χ2n) is 5.22. The second-order valence-corrected chi connectivity index (χ2v) is 5.22. The van der Waals surface area contributed by atoms with Gasteiger partial charge >= 0.3 is 5.97 Å². The fourth-order valence-corrected chi connectivity index (χ4v) is 2.48. The number of rotatable bonds is 3. The Morgan fingerprint density at radius 1 is 1.53 bits per heavy atom. The van der Waals surface area contributed by atoms with Crippen LogP contribution in [0.25, 0.3) is 0 Å². The van der Waals surface area contributed by atoms with Crippen LogP contribution in [0.15, 0.2) is 0 Å². The zero-order valence-electron chi connectivity index (χ0n) is 11.1. The molecule has 0 bridgehead atoms. The minimum absolute atomic E-state index is 0.0366. The van der Waals surface area contributed by atoms with E-state index < -0.39 is 18.0 Å². The van der Waals surface area contributed by atoms with Gasteiger partial charge in [0.05, 0.1) is 12.5 Å². The fourth-order valence-electron chi connectivity index (χ4n) is 2.48. The van der Waals surface area contributed by atoms with Crippen LogP contribution in [-0.2, 0) is 19.0 Å². The average molecular weight is 269 g/mol. The SMILES string of the molecule is C#CCOC(=O)C[C@@H]1NC[C@@H](O)[C@H]2OC(C)(C)O[C@H]21. The summed E-state index contributed by atoms with van der Waals surface area (Å²) < 4.78 is 16.3. The number of fused-ring (bicyclic) bond motifs is 1. The van der Waals surface area contributed by atoms with Crippen LogP contribution in [-0.4, -0.2) is 54.4 Å². The Morgan fingerprint density at radius 2 is 2.21 bits per heavy atom. The Kier molecular flexibility index (Phi) is 4.11. The van der Waals surface area contributed by atoms with E-state index in [9.17, 15) is 9.90 Å². The van der Waals surface area contributed by atoms with Crippen molar-refractivity contribution in [3.8, 4) is 12.3 Å². The molecule has 0 unspecified atom stereocenters. The van der Waals surface area contributed by atoms with Crippen LogP contribution in [0.2, 0.25) is 0 Å². The highest BCUT2D eigenvalue weighted by molar-refractivity contribution is 5.70. The van der Waals surface area contributed by atoms with Crippen LogP contribution >= 0.6 is 0 Å². The molecule has 0 aromatic rings. The third-order valence-corrected chi connectivity index (χ3v) is 3.23. The Morgan fingerprint density at radius 3 is 2.89 bits per heavy atom. The van der Waals surface area contributed by atoms with Crippen LogP contribution in [0.5, 0.6) is 0 Å². The Bertz CT molecular complexity index is 389. The molecule has 0 aliphatic carbocycles. The lowest BCUT2D eigenvalue weighted by molar-refractivity contribution is -0.154. The normalized spacial score (nSPS) is 36.3. The summed E-state index contributed by atoms with van der Waals surface area (Å²) in [7, 11) is 0. The van der Waals surface area contributed by atoms with Crippen molar-refractivity contribution >= 4 is 5.97 Å². The van der Waals surface area contributed by atoms with Gasteiger partial charge in [-0.3, -0.25) is 4.79 Å². The molecular weight excluding hydrogens is 250 g/mol. The first-order valence-corrected chi connectivity index (χ1v) is 6.29. The molecule has 2 saturated heterocycles. The van der Waals surface area contributed by atoms with Gasteiger partial charge in [0.2, 0.25) is 0 Å². The minimum atomic E-state index is -0.761. The molecule has 19 heavy (non-hydrogen) atoms. The lowest BCUT2D eigenvalue weighted by Gasteiger charge is -2.34. The van der Waals surface area contributed by atoms with Crippen molar-refractivity contribution in [3.05, 3.63) is 0 Å². The number of carbonyl (C=O) groups is 1. The first kappa shape index (κ1) is 14.3. The minimum Gasteiger partial charge on any atom is -0.452 e. The molecule has 2 fully saturated rings. The molecule has 2 rings (SSSR count). The number of esters is 1. The number of aliphatic hydroxyl groups excluding tert-OH is 1. The highest BCUT2D eigenvalue weighted by Crippen LogP contribution is 2.34. The van der Waals surface area contributed by atoms with E-state index in [2.05, 4.69) is 11.2 Å². The summed E-state index contributed by atoms with van der Waals surface area (Å²) in [6, 6.07) is -0.250. The first-order chi connectivity index (χ1) is 8.93. The average Bonchev–Trinajstić information content (AvgIpc) is 2.67. The van der Waals surface area contributed by atoms with E-state index in [1.165, 1.54) is 0 Å². The summed E-state index contributed by atoms with van der Waals surface area (Å²) in [4.78, 5) is 11.6. The van der Waals surface area contributed by atoms with Crippen molar-refractivity contribution < 1.29 is 24.1 Å². The summed E-state index contributed by atoms with van der Waals surface area (Å²) in [5.41, 5.74) is 0. The van der Waals surface area contributed by atoms with Gasteiger partial charge in [-0.15, -0.1) is 6.42 Å². The number of piperidine rings is 1. The third-order valence-electron chi connectivity index (χ3n) is 3.23. The molecule has 2 N–H and O–H groups in total. The number of β-amino-alcohol motifs (C(OH)–C–C–N with tert-alkyl or cyclic N) is 1. The summed E-state index contributed by atoms with van der Waals surface area (Å²) in [5.74, 6) is 1.09. The number of hydrogen-bond donors (Lipinski definition) is 2. The molecule has 2 heterocycles. The van der Waals surface area contributed by atoms with Crippen molar-refractivity contribution in [1.29, 1.82) is 0 Å². The van der Waals surface area contributed by atoms with Gasteiger partial charge in [0, 0.05) is 12.6 Å². The van der Waals surface area contributed by atoms with Crippen LogP contribution in [0, 0.1) is 12.3 Å². The fraction of sp³-hybridized carbons (Fsp3) is 0.769. The Hall–Kier alpha value is -1.13. The van der Waals surface area contributed by atoms with Crippen LogP contribution < -0.4 is 5.32 Å². The van der Waals surface area contributed by atoms with Crippen LogP contribution in [0.3, 0.4) is 0 Å². The summed E-state index contributed by atoms with van der Waals surface area (Å²) in [6.07, 6.45) is 3.71. The standard InChI is InChI=1S/C13H19NO5/c1-4-5-17-10(16)6-8-11-12(9(15)7-14-8)19-13(2,3)18-11/h1,8-9,11-12,14-15H,5-7H2,2-3H3/t8-,9+,11-,12+/m0/s1. The molecule has 0 aromatic carbocycles. The number of ether oxygens (including phenoxy) is 3. The van der Waals surface area contributed by atoms with E-state index in [0.717, 1.165) is 0 Å². The molecule has 0 saturated carbocycles. The maximum atomic E-state index is 11.6. The lowest BCUT2D eigenvalue weighted by Crippen LogP contribution is -2.58. The van der Waals surface area contributed by atoms with E-state index in [1.807, 2.05) is 0 Å². The molecule has 0 amide bonds. The zero-order valence-corrected chi connectivity index (χ0v) is 11.1. The molecule has 6 heteroatoms. The van der Waals surface area contributed by atoms with Crippen molar-refractivity contribution in [3.63, 3.8) is 0 Å². The monoisotopic (exact) mass is 269 g/mol. The Labute approximate surface area is 112 Å². The van der Waals surface area contributed by atoms with Gasteiger partial charge in [-0.05, 0) is 13.8 Å². The van der Waals surface area contributed by atoms with E-state index in [1.54, 1.807) is 13.8 Å². The van der Waals surface area contributed by atoms with Gasteiger partial charge in [0.15, 0.2) is 12.4 Å². The maximum Gasteiger partial charge on any atom is 0.308 e. The molecule has 2 aliphatic rings. The predicted molar refractivity (Wildman–Crippen MR) is 66.0 cm³/mol.